The Labute approximate surface area is 127 Å². The first-order valence-corrected chi connectivity index (χ1v) is 7.11. The Morgan fingerprint density at radius 3 is 2.77 bits per heavy atom. The molecule has 108 valence electrons. The molecule has 0 spiro atoms. The van der Waals surface area contributed by atoms with Crippen LogP contribution in [0.4, 0.5) is 0 Å². The molecule has 5 nitrogen and oxygen atoms in total. The van der Waals surface area contributed by atoms with Gasteiger partial charge in [0.25, 0.3) is 0 Å². The Morgan fingerprint density at radius 1 is 1.09 bits per heavy atom. The number of rotatable bonds is 2. The number of benzene rings is 1. The molecule has 1 aromatic carbocycles. The summed E-state index contributed by atoms with van der Waals surface area (Å²) in [5.41, 5.74) is 7.39. The number of aromatic amines is 1. The number of hydrogen-bond acceptors (Lipinski definition) is 3. The van der Waals surface area contributed by atoms with E-state index in [1.807, 2.05) is 24.0 Å². The minimum Gasteiger partial charge on any atom is -0.343 e. The molecule has 0 bridgehead atoms. The highest BCUT2D eigenvalue weighted by molar-refractivity contribution is 5.90. The second-order valence-corrected chi connectivity index (χ2v) is 5.34. The molecule has 0 fully saturated rings. The molecule has 4 aromatic rings. The van der Waals surface area contributed by atoms with Crippen LogP contribution in [0, 0.1) is 6.92 Å². The number of nitrogens with one attached hydrogen (secondary N) is 1. The van der Waals surface area contributed by atoms with Crippen LogP contribution in [0.2, 0.25) is 0 Å². The van der Waals surface area contributed by atoms with E-state index in [9.17, 15) is 0 Å². The quantitative estimate of drug-likeness (QED) is 0.615. The fourth-order valence-corrected chi connectivity index (χ4v) is 2.89. The molecule has 0 saturated carbocycles. The zero-order valence-corrected chi connectivity index (χ0v) is 12.4. The third kappa shape index (κ3) is 1.90. The van der Waals surface area contributed by atoms with Crippen molar-refractivity contribution in [3.63, 3.8) is 0 Å². The second-order valence-electron chi connectivity index (χ2n) is 5.34. The molecule has 0 aliphatic rings. The Hall–Kier alpha value is -2.95. The number of pyridine rings is 1. The van der Waals surface area contributed by atoms with Gasteiger partial charge in [0.15, 0.2) is 5.65 Å². The molecule has 0 saturated heterocycles. The molecule has 1 N–H and O–H groups in total. The van der Waals surface area contributed by atoms with Gasteiger partial charge in [-0.15, -0.1) is 0 Å². The maximum absolute atomic E-state index is 4.33. The first kappa shape index (κ1) is 12.8. The molecule has 3 heterocycles. The number of imidazole rings is 1. The van der Waals surface area contributed by atoms with E-state index in [0.29, 0.717) is 0 Å². The number of aryl methyl sites for hydroxylation is 2. The van der Waals surface area contributed by atoms with Crippen LogP contribution in [-0.2, 0) is 7.05 Å². The number of fused-ring (bicyclic) bond motifs is 1. The van der Waals surface area contributed by atoms with Gasteiger partial charge in [-0.3, -0.25) is 4.68 Å². The van der Waals surface area contributed by atoms with Gasteiger partial charge in [-0.25, -0.2) is 9.97 Å². The number of aromatic nitrogens is 5. The lowest BCUT2D eigenvalue weighted by Gasteiger charge is -2.08. The Bertz CT molecular complexity index is 945. The zero-order chi connectivity index (χ0) is 15.1. The summed E-state index contributed by atoms with van der Waals surface area (Å²) >= 11 is 0. The average molecular weight is 289 g/mol. The summed E-state index contributed by atoms with van der Waals surface area (Å²) in [6.07, 6.45) is 5.36. The number of nitrogens with zero attached hydrogens (tertiary/aromatic N) is 4. The van der Waals surface area contributed by atoms with Crippen molar-refractivity contribution < 1.29 is 0 Å². The summed E-state index contributed by atoms with van der Waals surface area (Å²) in [4.78, 5) is 11.7. The van der Waals surface area contributed by atoms with Crippen molar-refractivity contribution in [2.75, 3.05) is 0 Å². The van der Waals surface area contributed by atoms with Gasteiger partial charge in [0, 0.05) is 24.4 Å². The normalized spacial score (nSPS) is 11.2. The van der Waals surface area contributed by atoms with Crippen LogP contribution in [0.3, 0.4) is 0 Å². The van der Waals surface area contributed by atoms with E-state index in [4.69, 9.17) is 0 Å². The Kier molecular flexibility index (Phi) is 2.79. The molecule has 0 aliphatic carbocycles. The molecule has 5 heteroatoms. The lowest BCUT2D eigenvalue weighted by atomic mass is 10.0. The molecule has 0 amide bonds. The van der Waals surface area contributed by atoms with Crippen LogP contribution in [0.25, 0.3) is 33.5 Å². The molecule has 0 radical (unpaired) electrons. The summed E-state index contributed by atoms with van der Waals surface area (Å²) in [5, 5.41) is 4.33. The molecule has 4 rings (SSSR count). The van der Waals surface area contributed by atoms with Crippen LogP contribution in [0.5, 0.6) is 0 Å². The maximum atomic E-state index is 4.33. The Balaban J connectivity index is 1.91. The van der Waals surface area contributed by atoms with E-state index in [0.717, 1.165) is 33.5 Å². The van der Waals surface area contributed by atoms with Crippen LogP contribution in [-0.4, -0.2) is 24.7 Å². The third-order valence-electron chi connectivity index (χ3n) is 3.90. The van der Waals surface area contributed by atoms with Crippen molar-refractivity contribution in [2.45, 2.75) is 6.92 Å². The fourth-order valence-electron chi connectivity index (χ4n) is 2.89. The van der Waals surface area contributed by atoms with Gasteiger partial charge in [-0.05, 0) is 30.2 Å². The SMILES string of the molecule is Cc1cnn(C)c1-c1cccc(-c2ccnc3nc[nH]c23)c1. The van der Waals surface area contributed by atoms with Gasteiger partial charge in [-0.1, -0.05) is 18.2 Å². The van der Waals surface area contributed by atoms with Crippen molar-refractivity contribution in [2.24, 2.45) is 7.05 Å². The van der Waals surface area contributed by atoms with Crippen molar-refractivity contribution in [3.8, 4) is 22.4 Å². The van der Waals surface area contributed by atoms with E-state index in [1.165, 1.54) is 5.56 Å². The van der Waals surface area contributed by atoms with Gasteiger partial charge in [0.2, 0.25) is 0 Å². The topological polar surface area (TPSA) is 59.4 Å². The van der Waals surface area contributed by atoms with Crippen LogP contribution in [0.15, 0.2) is 49.1 Å². The van der Waals surface area contributed by atoms with Crippen LogP contribution in [0.1, 0.15) is 5.56 Å². The molecule has 22 heavy (non-hydrogen) atoms. The summed E-state index contributed by atoms with van der Waals surface area (Å²) < 4.78 is 1.91. The van der Waals surface area contributed by atoms with E-state index >= 15 is 0 Å². The predicted octanol–water partition coefficient (Wildman–Crippen LogP) is 3.33. The largest absolute Gasteiger partial charge is 0.343 e. The lowest BCUT2D eigenvalue weighted by Crippen LogP contribution is -1.94. The highest BCUT2D eigenvalue weighted by Gasteiger charge is 2.11. The fraction of sp³-hybridized carbons (Fsp3) is 0.118. The zero-order valence-electron chi connectivity index (χ0n) is 12.4. The Morgan fingerprint density at radius 2 is 1.95 bits per heavy atom. The highest BCUT2D eigenvalue weighted by atomic mass is 15.3. The molecular weight excluding hydrogens is 274 g/mol. The van der Waals surface area contributed by atoms with E-state index in [-0.39, 0.29) is 0 Å². The van der Waals surface area contributed by atoms with Crippen LogP contribution < -0.4 is 0 Å². The van der Waals surface area contributed by atoms with Gasteiger partial charge in [0.05, 0.1) is 23.7 Å². The first-order chi connectivity index (χ1) is 10.7. The highest BCUT2D eigenvalue weighted by Crippen LogP contribution is 2.30. The third-order valence-corrected chi connectivity index (χ3v) is 3.90. The van der Waals surface area contributed by atoms with Crippen molar-refractivity contribution in [3.05, 3.63) is 54.6 Å². The van der Waals surface area contributed by atoms with E-state index in [1.54, 1.807) is 12.5 Å². The average Bonchev–Trinajstić information content (AvgIpc) is 3.13. The van der Waals surface area contributed by atoms with Crippen LogP contribution >= 0.6 is 0 Å². The lowest BCUT2D eigenvalue weighted by molar-refractivity contribution is 0.775. The van der Waals surface area contributed by atoms with Gasteiger partial charge in [-0.2, -0.15) is 5.10 Å². The molecular formula is C17H15N5. The molecule has 0 atom stereocenters. The van der Waals surface area contributed by atoms with Gasteiger partial charge in [0.1, 0.15) is 0 Å². The maximum Gasteiger partial charge on any atom is 0.178 e. The van der Waals surface area contributed by atoms with Crippen molar-refractivity contribution in [1.82, 2.24) is 24.7 Å². The van der Waals surface area contributed by atoms with Crippen molar-refractivity contribution >= 4 is 11.2 Å². The molecule has 0 aliphatic heterocycles. The minimum absolute atomic E-state index is 0.736. The monoisotopic (exact) mass is 289 g/mol. The van der Waals surface area contributed by atoms with Gasteiger partial charge < -0.3 is 4.98 Å². The first-order valence-electron chi connectivity index (χ1n) is 7.11. The molecule has 3 aromatic heterocycles. The molecule has 0 unspecified atom stereocenters. The number of H-pyrrole nitrogens is 1. The second kappa shape index (κ2) is 4.80. The summed E-state index contributed by atoms with van der Waals surface area (Å²) in [5.74, 6) is 0. The van der Waals surface area contributed by atoms with E-state index in [2.05, 4.69) is 51.2 Å². The summed E-state index contributed by atoms with van der Waals surface area (Å²) in [7, 11) is 1.97. The van der Waals surface area contributed by atoms with Crippen molar-refractivity contribution in [1.29, 1.82) is 0 Å². The van der Waals surface area contributed by atoms with E-state index < -0.39 is 0 Å². The minimum atomic E-state index is 0.736. The predicted molar refractivity (Wildman–Crippen MR) is 86.3 cm³/mol. The smallest absolute Gasteiger partial charge is 0.178 e. The number of hydrogen-bond donors (Lipinski definition) is 1. The standard InChI is InChI=1S/C17H15N5/c1-11-9-21-22(2)16(11)13-5-3-4-12(8-13)14-6-7-18-17-15(14)19-10-20-17/h3-10H,1-2H3,(H,18,19,20). The summed E-state index contributed by atoms with van der Waals surface area (Å²) in [6.45, 7) is 2.08. The summed E-state index contributed by atoms with van der Waals surface area (Å²) in [6, 6.07) is 10.5. The van der Waals surface area contributed by atoms with Gasteiger partial charge >= 0.3 is 0 Å².